The lowest BCUT2D eigenvalue weighted by molar-refractivity contribution is -0.190. The van der Waals surface area contributed by atoms with Gasteiger partial charge in [0.1, 0.15) is 18.2 Å². The van der Waals surface area contributed by atoms with Gasteiger partial charge < -0.3 is 24.7 Å². The molecule has 0 radical (unpaired) electrons. The molecule has 0 aliphatic carbocycles. The predicted molar refractivity (Wildman–Crippen MR) is 125 cm³/mol. The van der Waals surface area contributed by atoms with Gasteiger partial charge in [0.15, 0.2) is 17.9 Å². The van der Waals surface area contributed by atoms with Gasteiger partial charge in [0.25, 0.3) is 5.56 Å². The topological polar surface area (TPSA) is 178 Å². The second-order valence-electron chi connectivity index (χ2n) is 9.11. The SMILES string of the molecule is CC(=O)OCC1OC(n2cc3c(N)cc4c(=O)[nH]ncc(n2)c34)C(C)(OC(=O)C(C)C)C1OC(C)=O. The summed E-state index contributed by atoms with van der Waals surface area (Å²) in [4.78, 5) is 48.6. The second kappa shape index (κ2) is 9.22. The van der Waals surface area contributed by atoms with Crippen molar-refractivity contribution < 1.29 is 33.3 Å². The molecule has 4 atom stereocenters. The van der Waals surface area contributed by atoms with Crippen LogP contribution < -0.4 is 11.3 Å². The molecule has 4 unspecified atom stereocenters. The maximum atomic E-state index is 12.7. The number of hydrogen-bond acceptors (Lipinski definition) is 11. The molecule has 1 fully saturated rings. The average molecular weight is 501 g/mol. The number of H-pyrrole nitrogens is 1. The van der Waals surface area contributed by atoms with E-state index in [0.717, 1.165) is 0 Å². The summed E-state index contributed by atoms with van der Waals surface area (Å²) < 4.78 is 24.1. The number of carbonyl (C=O) groups excluding carboxylic acids is 3. The van der Waals surface area contributed by atoms with Gasteiger partial charge in [-0.25, -0.2) is 9.78 Å². The Morgan fingerprint density at radius 3 is 2.61 bits per heavy atom. The van der Waals surface area contributed by atoms with E-state index in [2.05, 4.69) is 15.3 Å². The molecule has 1 saturated heterocycles. The number of aromatic amines is 1. The van der Waals surface area contributed by atoms with E-state index in [1.807, 2.05) is 0 Å². The van der Waals surface area contributed by atoms with E-state index in [4.69, 9.17) is 24.7 Å². The lowest BCUT2D eigenvalue weighted by Crippen LogP contribution is -2.51. The number of aromatic nitrogens is 4. The Balaban J connectivity index is 1.90. The van der Waals surface area contributed by atoms with E-state index in [9.17, 15) is 19.2 Å². The number of nitrogen functional groups attached to an aromatic ring is 1. The van der Waals surface area contributed by atoms with Gasteiger partial charge in [-0.05, 0) is 13.0 Å². The minimum atomic E-state index is -1.59. The fourth-order valence-corrected chi connectivity index (χ4v) is 4.29. The summed E-state index contributed by atoms with van der Waals surface area (Å²) in [5.41, 5.74) is 4.80. The van der Waals surface area contributed by atoms with Gasteiger partial charge in [-0.2, -0.15) is 10.2 Å². The number of nitrogens with zero attached hydrogens (tertiary/aromatic N) is 3. The minimum Gasteiger partial charge on any atom is -0.463 e. The molecule has 0 spiro atoms. The smallest absolute Gasteiger partial charge is 0.309 e. The first-order valence-corrected chi connectivity index (χ1v) is 11.3. The van der Waals surface area contributed by atoms with Crippen LogP contribution in [-0.4, -0.2) is 62.3 Å². The quantitative estimate of drug-likeness (QED) is 0.366. The summed E-state index contributed by atoms with van der Waals surface area (Å²) in [5, 5.41) is 12.1. The van der Waals surface area contributed by atoms with Crippen LogP contribution in [0.1, 0.15) is 40.8 Å². The van der Waals surface area contributed by atoms with E-state index in [1.165, 1.54) is 30.8 Å². The zero-order valence-electron chi connectivity index (χ0n) is 20.4. The van der Waals surface area contributed by atoms with Crippen molar-refractivity contribution in [3.05, 3.63) is 28.8 Å². The van der Waals surface area contributed by atoms with Gasteiger partial charge in [-0.15, -0.1) is 0 Å². The van der Waals surface area contributed by atoms with Crippen LogP contribution in [0.3, 0.4) is 0 Å². The van der Waals surface area contributed by atoms with Gasteiger partial charge in [-0.1, -0.05) is 13.8 Å². The van der Waals surface area contributed by atoms with Crippen molar-refractivity contribution in [2.24, 2.45) is 5.92 Å². The van der Waals surface area contributed by atoms with Crippen molar-refractivity contribution in [1.29, 1.82) is 0 Å². The molecule has 1 aliphatic heterocycles. The highest BCUT2D eigenvalue weighted by Crippen LogP contribution is 2.44. The van der Waals surface area contributed by atoms with Gasteiger partial charge >= 0.3 is 17.9 Å². The molecule has 36 heavy (non-hydrogen) atoms. The van der Waals surface area contributed by atoms with Gasteiger partial charge in [0, 0.05) is 36.5 Å². The first-order valence-electron chi connectivity index (χ1n) is 11.3. The molecule has 4 rings (SSSR count). The molecule has 192 valence electrons. The zero-order valence-corrected chi connectivity index (χ0v) is 20.4. The number of hydrogen-bond donors (Lipinski definition) is 2. The molecule has 13 nitrogen and oxygen atoms in total. The Kier molecular flexibility index (Phi) is 6.43. The van der Waals surface area contributed by atoms with Crippen LogP contribution in [0.25, 0.3) is 21.7 Å². The van der Waals surface area contributed by atoms with Crippen LogP contribution in [0.5, 0.6) is 0 Å². The Morgan fingerprint density at radius 1 is 1.25 bits per heavy atom. The molecule has 0 saturated carbocycles. The fourth-order valence-electron chi connectivity index (χ4n) is 4.29. The van der Waals surface area contributed by atoms with Crippen LogP contribution in [0.2, 0.25) is 0 Å². The van der Waals surface area contributed by atoms with Crippen LogP contribution in [0.15, 0.2) is 23.3 Å². The Hall–Kier alpha value is -4.00. The lowest BCUT2D eigenvalue weighted by atomic mass is 9.95. The van der Waals surface area contributed by atoms with Crippen molar-refractivity contribution in [2.45, 2.75) is 58.7 Å². The van der Waals surface area contributed by atoms with E-state index >= 15 is 0 Å². The highest BCUT2D eigenvalue weighted by Gasteiger charge is 2.60. The minimum absolute atomic E-state index is 0.267. The largest absolute Gasteiger partial charge is 0.463 e. The van der Waals surface area contributed by atoms with Crippen molar-refractivity contribution in [3.8, 4) is 0 Å². The summed E-state index contributed by atoms with van der Waals surface area (Å²) in [5.74, 6) is -2.29. The maximum absolute atomic E-state index is 12.7. The first kappa shape index (κ1) is 25.1. The number of esters is 3. The number of ether oxygens (including phenoxy) is 4. The van der Waals surface area contributed by atoms with E-state index < -0.39 is 53.4 Å². The third-order valence-electron chi connectivity index (χ3n) is 5.96. The standard InChI is InChI=1S/C23H27N5O8/c1-10(2)21(32)36-23(5)19(34-12(4)30)17(9-33-11(3)29)35-22(23)28-8-14-15(24)6-13-18(14)16(27-28)7-25-26-20(13)31/h6-8,10,17,19,22H,9,24H2,1-5H3,(H,26,31). The third kappa shape index (κ3) is 4.37. The molecule has 2 aromatic heterocycles. The van der Waals surface area contributed by atoms with Crippen LogP contribution in [-0.2, 0) is 33.3 Å². The first-order chi connectivity index (χ1) is 16.9. The highest BCUT2D eigenvalue weighted by molar-refractivity contribution is 6.14. The summed E-state index contributed by atoms with van der Waals surface area (Å²) in [6, 6.07) is 1.52. The molecule has 3 N–H and O–H groups in total. The number of nitrogens with one attached hydrogen (secondary N) is 1. The monoisotopic (exact) mass is 501 g/mol. The fraction of sp³-hybridized carbons (Fsp3) is 0.478. The van der Waals surface area contributed by atoms with E-state index in [-0.39, 0.29) is 6.61 Å². The molecular weight excluding hydrogens is 474 g/mol. The van der Waals surface area contributed by atoms with Crippen LogP contribution >= 0.6 is 0 Å². The van der Waals surface area contributed by atoms with Crippen molar-refractivity contribution in [3.63, 3.8) is 0 Å². The number of anilines is 1. The molecular formula is C23H27N5O8. The van der Waals surface area contributed by atoms with Crippen molar-refractivity contribution >= 4 is 45.3 Å². The van der Waals surface area contributed by atoms with E-state index in [1.54, 1.807) is 27.0 Å². The van der Waals surface area contributed by atoms with Gasteiger partial charge in [0.05, 0.1) is 17.5 Å². The summed E-state index contributed by atoms with van der Waals surface area (Å²) >= 11 is 0. The average Bonchev–Trinajstić information content (AvgIpc) is 3.20. The maximum Gasteiger partial charge on any atom is 0.309 e. The normalized spacial score (nSPS) is 23.8. The summed E-state index contributed by atoms with van der Waals surface area (Å²) in [7, 11) is 0. The highest BCUT2D eigenvalue weighted by atomic mass is 16.7. The molecule has 1 aliphatic rings. The summed E-state index contributed by atoms with van der Waals surface area (Å²) in [6.07, 6.45) is -0.352. The van der Waals surface area contributed by atoms with Gasteiger partial charge in [0.2, 0.25) is 0 Å². The molecule has 3 aromatic rings. The van der Waals surface area contributed by atoms with Crippen molar-refractivity contribution in [1.82, 2.24) is 20.0 Å². The molecule has 3 heterocycles. The predicted octanol–water partition coefficient (Wildman–Crippen LogP) is 1.21. The Morgan fingerprint density at radius 2 is 1.97 bits per heavy atom. The zero-order chi connectivity index (χ0) is 26.4. The number of rotatable bonds is 6. The number of nitrogens with two attached hydrogens (primary N) is 1. The van der Waals surface area contributed by atoms with Crippen LogP contribution in [0.4, 0.5) is 5.69 Å². The van der Waals surface area contributed by atoms with Gasteiger partial charge in [-0.3, -0.25) is 19.2 Å². The molecule has 0 bridgehead atoms. The third-order valence-corrected chi connectivity index (χ3v) is 5.96. The second-order valence-corrected chi connectivity index (χ2v) is 9.11. The Bertz CT molecular complexity index is 1410. The molecule has 13 heteroatoms. The molecule has 0 amide bonds. The summed E-state index contributed by atoms with van der Waals surface area (Å²) in [6.45, 7) is 7.04. The Labute approximate surface area is 204 Å². The van der Waals surface area contributed by atoms with E-state index in [0.29, 0.717) is 27.4 Å². The van der Waals surface area contributed by atoms with Crippen LogP contribution in [0, 0.1) is 5.92 Å². The lowest BCUT2D eigenvalue weighted by Gasteiger charge is -2.35. The molecule has 1 aromatic carbocycles. The van der Waals surface area contributed by atoms with Crippen molar-refractivity contribution in [2.75, 3.05) is 12.3 Å². The number of carbonyl (C=O) groups is 3.